The first-order valence-corrected chi connectivity index (χ1v) is 8.20. The van der Waals surface area contributed by atoms with Gasteiger partial charge in [0.15, 0.2) is 0 Å². The van der Waals surface area contributed by atoms with E-state index in [2.05, 4.69) is 22.3 Å². The maximum absolute atomic E-state index is 11.2. The van der Waals surface area contributed by atoms with Gasteiger partial charge in [-0.3, -0.25) is 9.11 Å². The Labute approximate surface area is 117 Å². The van der Waals surface area contributed by atoms with Crippen LogP contribution in [-0.2, 0) is 17.3 Å². The van der Waals surface area contributed by atoms with Gasteiger partial charge in [0.1, 0.15) is 12.4 Å². The molecule has 1 fully saturated rings. The minimum atomic E-state index is -0.596. The van der Waals surface area contributed by atoms with E-state index in [1.165, 1.54) is 5.56 Å². The topological polar surface area (TPSA) is 41.6 Å². The summed E-state index contributed by atoms with van der Waals surface area (Å²) in [6.07, 6.45) is 0. The second-order valence-corrected chi connectivity index (χ2v) is 6.41. The molecular weight excluding hydrogens is 260 g/mol. The smallest absolute Gasteiger partial charge is 0.119 e. The van der Waals surface area contributed by atoms with Gasteiger partial charge in [-0.05, 0) is 24.7 Å². The highest BCUT2D eigenvalue weighted by Crippen LogP contribution is 2.12. The van der Waals surface area contributed by atoms with Crippen molar-refractivity contribution in [3.8, 4) is 5.75 Å². The summed E-state index contributed by atoms with van der Waals surface area (Å²) in [6.45, 7) is 4.34. The molecule has 1 N–H and O–H groups in total. The Morgan fingerprint density at radius 2 is 1.95 bits per heavy atom. The van der Waals surface area contributed by atoms with Crippen LogP contribution in [0, 0.1) is 0 Å². The molecule has 1 heterocycles. The number of nitrogens with zero attached hydrogens (tertiary/aromatic N) is 1. The van der Waals surface area contributed by atoms with Crippen LogP contribution in [0.2, 0.25) is 0 Å². The molecule has 1 aliphatic rings. The molecule has 0 unspecified atom stereocenters. The van der Waals surface area contributed by atoms with Crippen molar-refractivity contribution in [2.75, 3.05) is 44.8 Å². The Morgan fingerprint density at radius 1 is 1.26 bits per heavy atom. The third-order valence-electron chi connectivity index (χ3n) is 3.25. The van der Waals surface area contributed by atoms with Crippen LogP contribution in [-0.4, -0.2) is 53.9 Å². The maximum Gasteiger partial charge on any atom is 0.119 e. The third-order valence-corrected chi connectivity index (χ3v) is 4.53. The van der Waals surface area contributed by atoms with E-state index in [-0.39, 0.29) is 0 Å². The molecule has 2 rings (SSSR count). The van der Waals surface area contributed by atoms with E-state index in [0.29, 0.717) is 6.61 Å². The Bertz CT molecular complexity index is 398. The summed E-state index contributed by atoms with van der Waals surface area (Å²) < 4.78 is 17.0. The molecule has 0 bridgehead atoms. The van der Waals surface area contributed by atoms with Crippen LogP contribution in [0.4, 0.5) is 0 Å². The largest absolute Gasteiger partial charge is 0.492 e. The van der Waals surface area contributed by atoms with Crippen LogP contribution in [0.3, 0.4) is 0 Å². The number of ether oxygens (including phenoxy) is 1. The summed E-state index contributed by atoms with van der Waals surface area (Å²) in [6, 6.07) is 8.18. The number of hydrogen-bond acceptors (Lipinski definition) is 4. The highest BCUT2D eigenvalue weighted by molar-refractivity contribution is 7.85. The average Bonchev–Trinajstić information content (AvgIpc) is 2.43. The highest BCUT2D eigenvalue weighted by atomic mass is 32.2. The zero-order valence-corrected chi connectivity index (χ0v) is 12.2. The van der Waals surface area contributed by atoms with E-state index in [4.69, 9.17) is 4.74 Å². The van der Waals surface area contributed by atoms with Crippen LogP contribution in [0.5, 0.6) is 5.75 Å². The lowest BCUT2D eigenvalue weighted by Crippen LogP contribution is -2.39. The predicted octanol–water partition coefficient (Wildman–Crippen LogP) is 0.849. The first-order chi connectivity index (χ1) is 9.28. The summed E-state index contributed by atoms with van der Waals surface area (Å²) in [5.41, 5.74) is 1.26. The molecule has 0 atom stereocenters. The molecule has 1 saturated heterocycles. The first-order valence-electron chi connectivity index (χ1n) is 6.71. The van der Waals surface area contributed by atoms with E-state index >= 15 is 0 Å². The van der Waals surface area contributed by atoms with Crippen molar-refractivity contribution >= 4 is 10.8 Å². The molecule has 106 valence electrons. The second-order valence-electron chi connectivity index (χ2n) is 4.71. The van der Waals surface area contributed by atoms with Crippen LogP contribution in [0.1, 0.15) is 5.56 Å². The summed E-state index contributed by atoms with van der Waals surface area (Å²) in [4.78, 5) is 2.32. The molecule has 1 aromatic carbocycles. The molecule has 0 radical (unpaired) electrons. The second kappa shape index (κ2) is 7.62. The normalized spacial score (nSPS) is 17.5. The number of benzene rings is 1. The van der Waals surface area contributed by atoms with Gasteiger partial charge in [0.05, 0.1) is 0 Å². The first kappa shape index (κ1) is 14.5. The van der Waals surface area contributed by atoms with Crippen molar-refractivity contribution in [2.45, 2.75) is 6.54 Å². The Balaban J connectivity index is 1.69. The third kappa shape index (κ3) is 4.93. The molecule has 0 amide bonds. The molecule has 0 saturated carbocycles. The van der Waals surface area contributed by atoms with Crippen molar-refractivity contribution in [1.29, 1.82) is 0 Å². The van der Waals surface area contributed by atoms with E-state index in [1.54, 1.807) is 0 Å². The molecule has 5 heteroatoms. The fraction of sp³-hybridized carbons (Fsp3) is 0.571. The van der Waals surface area contributed by atoms with Crippen LogP contribution in [0.15, 0.2) is 24.3 Å². The quantitative estimate of drug-likeness (QED) is 0.840. The molecule has 0 spiro atoms. The minimum absolute atomic E-state index is 0.596. The average molecular weight is 282 g/mol. The van der Waals surface area contributed by atoms with Crippen molar-refractivity contribution in [3.05, 3.63) is 29.8 Å². The van der Waals surface area contributed by atoms with E-state index in [0.717, 1.165) is 43.4 Å². The fourth-order valence-corrected chi connectivity index (χ4v) is 3.23. The van der Waals surface area contributed by atoms with Gasteiger partial charge in [-0.25, -0.2) is 0 Å². The zero-order chi connectivity index (χ0) is 13.5. The minimum Gasteiger partial charge on any atom is -0.492 e. The van der Waals surface area contributed by atoms with E-state index < -0.39 is 10.8 Å². The lowest BCUT2D eigenvalue weighted by molar-refractivity contribution is 0.221. The van der Waals surface area contributed by atoms with Gasteiger partial charge in [-0.2, -0.15) is 0 Å². The van der Waals surface area contributed by atoms with Crippen molar-refractivity contribution in [1.82, 2.24) is 10.2 Å². The van der Waals surface area contributed by atoms with Gasteiger partial charge < -0.3 is 10.1 Å². The molecule has 0 aromatic heterocycles. The van der Waals surface area contributed by atoms with Gasteiger partial charge in [-0.1, -0.05) is 12.1 Å². The maximum atomic E-state index is 11.2. The fourth-order valence-electron chi connectivity index (χ4n) is 2.10. The van der Waals surface area contributed by atoms with Crippen molar-refractivity contribution in [2.24, 2.45) is 0 Å². The van der Waals surface area contributed by atoms with Gasteiger partial charge in [-0.15, -0.1) is 0 Å². The Hall–Kier alpha value is -0.910. The molecule has 1 aliphatic heterocycles. The SMILES string of the molecule is CNCc1ccc(OCCN2CCS(=O)CC2)cc1. The lowest BCUT2D eigenvalue weighted by atomic mass is 10.2. The zero-order valence-electron chi connectivity index (χ0n) is 11.4. The Morgan fingerprint density at radius 3 is 2.58 bits per heavy atom. The summed E-state index contributed by atoms with van der Waals surface area (Å²) in [5.74, 6) is 2.53. The highest BCUT2D eigenvalue weighted by Gasteiger charge is 2.14. The van der Waals surface area contributed by atoms with Crippen molar-refractivity contribution in [3.63, 3.8) is 0 Å². The summed E-state index contributed by atoms with van der Waals surface area (Å²) >= 11 is 0. The van der Waals surface area contributed by atoms with Gasteiger partial charge >= 0.3 is 0 Å². The predicted molar refractivity (Wildman–Crippen MR) is 79.0 cm³/mol. The monoisotopic (exact) mass is 282 g/mol. The van der Waals surface area contributed by atoms with Crippen molar-refractivity contribution < 1.29 is 8.95 Å². The van der Waals surface area contributed by atoms with E-state index in [9.17, 15) is 4.21 Å². The molecular formula is C14H22N2O2S. The molecule has 19 heavy (non-hydrogen) atoms. The van der Waals surface area contributed by atoms with Gasteiger partial charge in [0.25, 0.3) is 0 Å². The van der Waals surface area contributed by atoms with Gasteiger partial charge in [0, 0.05) is 48.5 Å². The summed E-state index contributed by atoms with van der Waals surface area (Å²) in [7, 11) is 1.34. The molecule has 4 nitrogen and oxygen atoms in total. The number of rotatable bonds is 6. The molecule has 0 aliphatic carbocycles. The van der Waals surface area contributed by atoms with Crippen LogP contribution < -0.4 is 10.1 Å². The summed E-state index contributed by atoms with van der Waals surface area (Å²) in [5, 5.41) is 3.12. The number of hydrogen-bond donors (Lipinski definition) is 1. The standard InChI is InChI=1S/C14H22N2O2S/c1-15-12-13-2-4-14(5-3-13)18-9-6-16-7-10-19(17)11-8-16/h2-5,15H,6-12H2,1H3. The van der Waals surface area contributed by atoms with Crippen LogP contribution >= 0.6 is 0 Å². The Kier molecular flexibility index (Phi) is 5.82. The van der Waals surface area contributed by atoms with E-state index in [1.807, 2.05) is 19.2 Å². The van der Waals surface area contributed by atoms with Gasteiger partial charge in [0.2, 0.25) is 0 Å². The number of nitrogens with one attached hydrogen (secondary N) is 1. The lowest BCUT2D eigenvalue weighted by Gasteiger charge is -2.25. The van der Waals surface area contributed by atoms with Crippen LogP contribution in [0.25, 0.3) is 0 Å². The molecule has 1 aromatic rings.